The Labute approximate surface area is 119 Å². The molecule has 2 unspecified atom stereocenters. The van der Waals surface area contributed by atoms with Crippen LogP contribution in [0.1, 0.15) is 35.2 Å². The zero-order chi connectivity index (χ0) is 13.1. The second-order valence-electron chi connectivity index (χ2n) is 5.02. The first-order valence-corrected chi connectivity index (χ1v) is 6.38. The average Bonchev–Trinajstić information content (AvgIpc) is 2.75. The number of carbonyl (C=O) groups is 1. The maximum Gasteiger partial charge on any atom is 0.251 e. The lowest BCUT2D eigenvalue weighted by Crippen LogP contribution is -2.39. The zero-order valence-electron chi connectivity index (χ0n) is 11.0. The van der Waals surface area contributed by atoms with Crippen molar-refractivity contribution in [2.45, 2.75) is 32.2 Å². The van der Waals surface area contributed by atoms with Gasteiger partial charge in [-0.25, -0.2) is 4.39 Å². The first kappa shape index (κ1) is 15.9. The van der Waals surface area contributed by atoms with Crippen molar-refractivity contribution < 1.29 is 9.18 Å². The van der Waals surface area contributed by atoms with Crippen molar-refractivity contribution in [1.82, 2.24) is 5.32 Å². The highest BCUT2D eigenvalue weighted by Crippen LogP contribution is 2.25. The predicted octanol–water partition coefficient (Wildman–Crippen LogP) is 2.41. The van der Waals surface area contributed by atoms with E-state index in [4.69, 9.17) is 5.73 Å². The van der Waals surface area contributed by atoms with Gasteiger partial charge in [-0.15, -0.1) is 12.4 Å². The molecule has 0 spiro atoms. The van der Waals surface area contributed by atoms with Gasteiger partial charge >= 0.3 is 0 Å². The molecule has 1 aromatic carbocycles. The van der Waals surface area contributed by atoms with Gasteiger partial charge in [0, 0.05) is 11.6 Å². The third-order valence-electron chi connectivity index (χ3n) is 3.58. The molecule has 0 heterocycles. The molecule has 3 N–H and O–H groups in total. The van der Waals surface area contributed by atoms with E-state index in [0.717, 1.165) is 24.8 Å². The van der Waals surface area contributed by atoms with E-state index in [0.29, 0.717) is 18.0 Å². The summed E-state index contributed by atoms with van der Waals surface area (Å²) < 4.78 is 13.2. The Kier molecular flexibility index (Phi) is 5.76. The van der Waals surface area contributed by atoms with Crippen LogP contribution in [0.15, 0.2) is 18.2 Å². The molecule has 1 fully saturated rings. The molecule has 5 heteroatoms. The lowest BCUT2D eigenvalue weighted by Gasteiger charge is -2.19. The third kappa shape index (κ3) is 3.91. The Hall–Kier alpha value is -1.13. The monoisotopic (exact) mass is 286 g/mol. The number of halogens is 2. The minimum Gasteiger partial charge on any atom is -0.349 e. The van der Waals surface area contributed by atoms with Gasteiger partial charge in [0.25, 0.3) is 5.91 Å². The smallest absolute Gasteiger partial charge is 0.251 e. The summed E-state index contributed by atoms with van der Waals surface area (Å²) in [5.41, 5.74) is 6.81. The first-order chi connectivity index (χ1) is 8.60. The normalized spacial score (nSPS) is 21.8. The molecule has 0 bridgehead atoms. The van der Waals surface area contributed by atoms with Crippen LogP contribution < -0.4 is 11.1 Å². The Morgan fingerprint density at radius 1 is 1.42 bits per heavy atom. The molecule has 19 heavy (non-hydrogen) atoms. The number of amides is 1. The first-order valence-electron chi connectivity index (χ1n) is 6.38. The van der Waals surface area contributed by atoms with Gasteiger partial charge in [0.05, 0.1) is 0 Å². The highest BCUT2D eigenvalue weighted by Gasteiger charge is 2.27. The van der Waals surface area contributed by atoms with E-state index in [1.165, 1.54) is 12.1 Å². The minimum absolute atomic E-state index is 0. The topological polar surface area (TPSA) is 55.1 Å². The number of benzene rings is 1. The van der Waals surface area contributed by atoms with Gasteiger partial charge in [-0.05, 0) is 56.0 Å². The van der Waals surface area contributed by atoms with Crippen LogP contribution in [-0.4, -0.2) is 18.5 Å². The van der Waals surface area contributed by atoms with E-state index in [1.54, 1.807) is 13.0 Å². The van der Waals surface area contributed by atoms with Crippen LogP contribution in [0.2, 0.25) is 0 Å². The van der Waals surface area contributed by atoms with E-state index >= 15 is 0 Å². The van der Waals surface area contributed by atoms with Gasteiger partial charge in [-0.1, -0.05) is 6.42 Å². The Bertz CT molecular complexity index is 433. The molecule has 2 atom stereocenters. The number of nitrogens with two attached hydrogens (primary N) is 1. The second kappa shape index (κ2) is 6.87. The van der Waals surface area contributed by atoms with Gasteiger partial charge in [0.15, 0.2) is 0 Å². The van der Waals surface area contributed by atoms with Crippen molar-refractivity contribution in [2.75, 3.05) is 6.54 Å². The highest BCUT2D eigenvalue weighted by molar-refractivity contribution is 5.94. The molecule has 0 saturated heterocycles. The number of hydrogen-bond donors (Lipinski definition) is 2. The SMILES string of the molecule is Cc1cc(F)cc(C(=O)NC2CCCC2CN)c1.Cl. The molecule has 0 aliphatic heterocycles. The van der Waals surface area contributed by atoms with Crippen LogP contribution in [0.5, 0.6) is 0 Å². The molecule has 0 aromatic heterocycles. The Morgan fingerprint density at radius 3 is 2.79 bits per heavy atom. The zero-order valence-corrected chi connectivity index (χ0v) is 11.8. The molecule has 0 radical (unpaired) electrons. The van der Waals surface area contributed by atoms with Gasteiger partial charge in [0.2, 0.25) is 0 Å². The number of hydrogen-bond acceptors (Lipinski definition) is 2. The molecule has 1 aliphatic rings. The number of nitrogens with one attached hydrogen (secondary N) is 1. The summed E-state index contributed by atoms with van der Waals surface area (Å²) in [7, 11) is 0. The van der Waals surface area contributed by atoms with Gasteiger partial charge in [-0.3, -0.25) is 4.79 Å². The number of carbonyl (C=O) groups excluding carboxylic acids is 1. The molecule has 1 aliphatic carbocycles. The van der Waals surface area contributed by atoms with E-state index < -0.39 is 0 Å². The molecule has 1 amide bonds. The highest BCUT2D eigenvalue weighted by atomic mass is 35.5. The van der Waals surface area contributed by atoms with E-state index in [2.05, 4.69) is 5.32 Å². The largest absolute Gasteiger partial charge is 0.349 e. The van der Waals surface area contributed by atoms with Crippen molar-refractivity contribution in [3.8, 4) is 0 Å². The molecule has 1 saturated carbocycles. The van der Waals surface area contributed by atoms with Crippen LogP contribution in [0.25, 0.3) is 0 Å². The molecule has 3 nitrogen and oxygen atoms in total. The maximum absolute atomic E-state index is 13.2. The standard InChI is InChI=1S/C14H19FN2O.ClH/c1-9-5-11(7-12(15)6-9)14(18)17-13-4-2-3-10(13)8-16;/h5-7,10,13H,2-4,8,16H2,1H3,(H,17,18);1H. The van der Waals surface area contributed by atoms with E-state index in [9.17, 15) is 9.18 Å². The summed E-state index contributed by atoms with van der Waals surface area (Å²) >= 11 is 0. The summed E-state index contributed by atoms with van der Waals surface area (Å²) in [5, 5.41) is 2.96. The van der Waals surface area contributed by atoms with Gasteiger partial charge in [-0.2, -0.15) is 0 Å². The Balaban J connectivity index is 0.00000180. The maximum atomic E-state index is 13.2. The van der Waals surface area contributed by atoms with Gasteiger partial charge in [0.1, 0.15) is 5.82 Å². The molecule has 2 rings (SSSR count). The van der Waals surface area contributed by atoms with Crippen molar-refractivity contribution >= 4 is 18.3 Å². The van der Waals surface area contributed by atoms with Crippen molar-refractivity contribution in [2.24, 2.45) is 11.7 Å². The van der Waals surface area contributed by atoms with Crippen LogP contribution in [0, 0.1) is 18.7 Å². The average molecular weight is 287 g/mol. The van der Waals surface area contributed by atoms with Crippen molar-refractivity contribution in [1.29, 1.82) is 0 Å². The summed E-state index contributed by atoms with van der Waals surface area (Å²) in [6.07, 6.45) is 3.11. The summed E-state index contributed by atoms with van der Waals surface area (Å²) in [6.45, 7) is 2.37. The summed E-state index contributed by atoms with van der Waals surface area (Å²) in [5.74, 6) is -0.228. The van der Waals surface area contributed by atoms with Crippen molar-refractivity contribution in [3.63, 3.8) is 0 Å². The molecule has 1 aromatic rings. The van der Waals surface area contributed by atoms with Crippen molar-refractivity contribution in [3.05, 3.63) is 35.1 Å². The minimum atomic E-state index is -0.373. The number of aryl methyl sites for hydroxylation is 1. The van der Waals surface area contributed by atoms with E-state index in [1.807, 2.05) is 0 Å². The van der Waals surface area contributed by atoms with Crippen LogP contribution in [0.4, 0.5) is 4.39 Å². The van der Waals surface area contributed by atoms with E-state index in [-0.39, 0.29) is 30.2 Å². The van der Waals surface area contributed by atoms with Crippen LogP contribution >= 0.6 is 12.4 Å². The van der Waals surface area contributed by atoms with Gasteiger partial charge < -0.3 is 11.1 Å². The molecular formula is C14H20ClFN2O. The fourth-order valence-electron chi connectivity index (χ4n) is 2.63. The lowest BCUT2D eigenvalue weighted by molar-refractivity contribution is 0.0928. The van der Waals surface area contributed by atoms with Crippen LogP contribution in [0.3, 0.4) is 0 Å². The summed E-state index contributed by atoms with van der Waals surface area (Å²) in [6, 6.07) is 4.51. The fourth-order valence-corrected chi connectivity index (χ4v) is 2.63. The third-order valence-corrected chi connectivity index (χ3v) is 3.58. The lowest BCUT2D eigenvalue weighted by atomic mass is 10.0. The number of rotatable bonds is 3. The Morgan fingerprint density at radius 2 is 2.16 bits per heavy atom. The fraction of sp³-hybridized carbons (Fsp3) is 0.500. The molecule has 106 valence electrons. The molecular weight excluding hydrogens is 267 g/mol. The summed E-state index contributed by atoms with van der Waals surface area (Å²) in [4.78, 5) is 12.0. The quantitative estimate of drug-likeness (QED) is 0.896. The second-order valence-corrected chi connectivity index (χ2v) is 5.02. The van der Waals surface area contributed by atoms with Crippen LogP contribution in [-0.2, 0) is 0 Å². The predicted molar refractivity (Wildman–Crippen MR) is 76.0 cm³/mol.